The summed E-state index contributed by atoms with van der Waals surface area (Å²) in [6.07, 6.45) is 0. The fourth-order valence-electron chi connectivity index (χ4n) is 2.93. The Bertz CT molecular complexity index is 1270. The monoisotopic (exact) mass is 453 g/mol. The lowest BCUT2D eigenvalue weighted by molar-refractivity contribution is -0.385. The highest BCUT2D eigenvalue weighted by Crippen LogP contribution is 2.30. The molecule has 0 bridgehead atoms. The van der Waals surface area contributed by atoms with Gasteiger partial charge in [-0.3, -0.25) is 39.9 Å². The maximum atomic E-state index is 12.9. The van der Waals surface area contributed by atoms with E-state index in [-0.39, 0.29) is 0 Å². The molecule has 0 aliphatic carbocycles. The largest absolute Gasteiger partial charge is 0.507 e. The van der Waals surface area contributed by atoms with Crippen molar-refractivity contribution in [2.45, 2.75) is 0 Å². The number of hydrogen-bond acceptors (Lipinski definition) is 10. The van der Waals surface area contributed by atoms with Gasteiger partial charge in [-0.05, 0) is 18.2 Å². The molecule has 13 heteroatoms. The Kier molecular flexibility index (Phi) is 5.79. The molecule has 13 nitrogen and oxygen atoms in total. The van der Waals surface area contributed by atoms with Crippen LogP contribution in [0.25, 0.3) is 0 Å². The number of phenols is 2. The molecule has 3 aromatic carbocycles. The van der Waals surface area contributed by atoms with Gasteiger partial charge in [-0.15, -0.1) is 0 Å². The number of carbonyl (C=O) groups is 2. The molecule has 0 saturated carbocycles. The van der Waals surface area contributed by atoms with Gasteiger partial charge in [-0.25, -0.2) is 0 Å². The molecule has 3 rings (SSSR count). The van der Waals surface area contributed by atoms with Crippen LogP contribution >= 0.6 is 0 Å². The molecule has 166 valence electrons. The van der Waals surface area contributed by atoms with Crippen LogP contribution in [-0.4, -0.2) is 36.5 Å². The molecule has 3 aromatic rings. The second-order valence-corrected chi connectivity index (χ2v) is 6.60. The van der Waals surface area contributed by atoms with Gasteiger partial charge in [-0.2, -0.15) is 0 Å². The minimum atomic E-state index is -1.06. The van der Waals surface area contributed by atoms with Gasteiger partial charge in [0.25, 0.3) is 17.1 Å². The van der Waals surface area contributed by atoms with E-state index in [9.17, 15) is 50.1 Å². The Morgan fingerprint density at radius 3 is 1.27 bits per heavy atom. The van der Waals surface area contributed by atoms with Crippen molar-refractivity contribution in [3.8, 4) is 11.5 Å². The molecule has 0 amide bonds. The number of nitro groups is 3. The zero-order chi connectivity index (χ0) is 24.4. The van der Waals surface area contributed by atoms with Crippen molar-refractivity contribution in [1.29, 1.82) is 0 Å². The molecule has 0 unspecified atom stereocenters. The lowest BCUT2D eigenvalue weighted by Crippen LogP contribution is -2.08. The van der Waals surface area contributed by atoms with Gasteiger partial charge in [0, 0.05) is 47.5 Å². The number of phenolic OH excluding ortho intramolecular Hbond substituents is 2. The summed E-state index contributed by atoms with van der Waals surface area (Å²) in [7, 11) is 0. The molecule has 0 saturated heterocycles. The fourth-order valence-corrected chi connectivity index (χ4v) is 2.93. The number of carbonyl (C=O) groups excluding carboxylic acids is 2. The highest BCUT2D eigenvalue weighted by molar-refractivity contribution is 6.15. The Morgan fingerprint density at radius 1 is 0.576 bits per heavy atom. The van der Waals surface area contributed by atoms with E-state index in [1.54, 1.807) is 0 Å². The number of non-ortho nitro benzene ring substituents is 3. The van der Waals surface area contributed by atoms with E-state index >= 15 is 0 Å². The maximum absolute atomic E-state index is 12.9. The van der Waals surface area contributed by atoms with Gasteiger partial charge in [-0.1, -0.05) is 0 Å². The van der Waals surface area contributed by atoms with Crippen molar-refractivity contribution >= 4 is 28.6 Å². The Balaban J connectivity index is 2.16. The van der Waals surface area contributed by atoms with Crippen LogP contribution in [0.2, 0.25) is 0 Å². The van der Waals surface area contributed by atoms with Crippen LogP contribution in [0.4, 0.5) is 17.1 Å². The van der Waals surface area contributed by atoms with E-state index in [2.05, 4.69) is 0 Å². The predicted molar refractivity (Wildman–Crippen MR) is 109 cm³/mol. The summed E-state index contributed by atoms with van der Waals surface area (Å²) in [6.45, 7) is 0. The second kappa shape index (κ2) is 8.50. The second-order valence-electron chi connectivity index (χ2n) is 6.60. The standard InChI is InChI=1S/C20H11N3O10/c24-17-3-1-12(21(28)29)8-15(17)19(26)10-5-11(7-14(6-10)23(32)33)20(27)16-9-13(22(30)31)2-4-18(16)25/h1-9,24-25H. The molecule has 0 radical (unpaired) electrons. The summed E-state index contributed by atoms with van der Waals surface area (Å²) in [6, 6.07) is 7.73. The summed E-state index contributed by atoms with van der Waals surface area (Å²) in [5.74, 6) is -3.39. The van der Waals surface area contributed by atoms with Crippen molar-refractivity contribution in [3.05, 3.63) is 107 Å². The first-order valence-electron chi connectivity index (χ1n) is 8.83. The van der Waals surface area contributed by atoms with E-state index < -0.39 is 77.2 Å². The van der Waals surface area contributed by atoms with Crippen molar-refractivity contribution < 1.29 is 34.6 Å². The molecule has 33 heavy (non-hydrogen) atoms. The van der Waals surface area contributed by atoms with Crippen molar-refractivity contribution in [2.24, 2.45) is 0 Å². The van der Waals surface area contributed by atoms with E-state index in [4.69, 9.17) is 0 Å². The van der Waals surface area contributed by atoms with Gasteiger partial charge in [0.05, 0.1) is 25.9 Å². The molecule has 2 N–H and O–H groups in total. The quantitative estimate of drug-likeness (QED) is 0.303. The third-order valence-corrected chi connectivity index (χ3v) is 4.52. The summed E-state index contributed by atoms with van der Waals surface area (Å²) in [4.78, 5) is 56.5. The molecule has 0 heterocycles. The normalized spacial score (nSPS) is 10.4. The third kappa shape index (κ3) is 4.46. The third-order valence-electron chi connectivity index (χ3n) is 4.52. The van der Waals surface area contributed by atoms with Crippen LogP contribution in [-0.2, 0) is 0 Å². The summed E-state index contributed by atoms with van der Waals surface area (Å²) in [5.41, 5.74) is -3.78. The maximum Gasteiger partial charge on any atom is 0.270 e. The number of aromatic hydroxyl groups is 2. The van der Waals surface area contributed by atoms with Crippen LogP contribution in [0.1, 0.15) is 31.8 Å². The smallest absolute Gasteiger partial charge is 0.270 e. The van der Waals surface area contributed by atoms with Crippen LogP contribution in [0.15, 0.2) is 54.6 Å². The molecule has 0 fully saturated rings. The zero-order valence-electron chi connectivity index (χ0n) is 16.2. The van der Waals surface area contributed by atoms with Crippen molar-refractivity contribution in [3.63, 3.8) is 0 Å². The minimum absolute atomic E-state index is 0.465. The number of ketones is 2. The van der Waals surface area contributed by atoms with Crippen molar-refractivity contribution in [2.75, 3.05) is 0 Å². The average Bonchev–Trinajstić information content (AvgIpc) is 2.78. The number of rotatable bonds is 7. The van der Waals surface area contributed by atoms with Crippen LogP contribution < -0.4 is 0 Å². The topological polar surface area (TPSA) is 204 Å². The van der Waals surface area contributed by atoms with Crippen LogP contribution in [0.5, 0.6) is 11.5 Å². The minimum Gasteiger partial charge on any atom is -0.507 e. The average molecular weight is 453 g/mol. The summed E-state index contributed by atoms with van der Waals surface area (Å²) < 4.78 is 0. The highest BCUT2D eigenvalue weighted by Gasteiger charge is 2.25. The van der Waals surface area contributed by atoms with E-state index in [0.717, 1.165) is 54.6 Å². The van der Waals surface area contributed by atoms with E-state index in [0.29, 0.717) is 0 Å². The van der Waals surface area contributed by atoms with Gasteiger partial charge in [0.1, 0.15) is 11.5 Å². The number of nitrogens with zero attached hydrogens (tertiary/aromatic N) is 3. The lowest BCUT2D eigenvalue weighted by Gasteiger charge is -2.08. The summed E-state index contributed by atoms with van der Waals surface area (Å²) in [5, 5.41) is 53.2. The van der Waals surface area contributed by atoms with E-state index in [1.165, 1.54) is 0 Å². The van der Waals surface area contributed by atoms with Crippen LogP contribution in [0.3, 0.4) is 0 Å². The Hall–Kier alpha value is -5.20. The van der Waals surface area contributed by atoms with Gasteiger partial charge >= 0.3 is 0 Å². The van der Waals surface area contributed by atoms with Gasteiger partial charge < -0.3 is 10.2 Å². The molecule has 0 atom stereocenters. The first-order chi connectivity index (χ1) is 15.5. The molecule has 0 aliphatic heterocycles. The predicted octanol–water partition coefficient (Wildman–Crippen LogP) is 3.28. The highest BCUT2D eigenvalue weighted by atomic mass is 16.6. The first-order valence-corrected chi connectivity index (χ1v) is 8.83. The fraction of sp³-hybridized carbons (Fsp3) is 0. The zero-order valence-corrected chi connectivity index (χ0v) is 16.2. The first kappa shape index (κ1) is 22.5. The number of benzene rings is 3. The van der Waals surface area contributed by atoms with Gasteiger partial charge in [0.15, 0.2) is 11.6 Å². The number of nitro benzene ring substituents is 3. The van der Waals surface area contributed by atoms with Crippen LogP contribution in [0, 0.1) is 30.3 Å². The molecule has 0 aromatic heterocycles. The molecule has 0 aliphatic rings. The lowest BCUT2D eigenvalue weighted by atomic mass is 9.95. The summed E-state index contributed by atoms with van der Waals surface area (Å²) >= 11 is 0. The molecular weight excluding hydrogens is 442 g/mol. The Labute approximate surface area is 182 Å². The Morgan fingerprint density at radius 2 is 0.939 bits per heavy atom. The molecular formula is C20H11N3O10. The van der Waals surface area contributed by atoms with Crippen molar-refractivity contribution in [1.82, 2.24) is 0 Å². The van der Waals surface area contributed by atoms with Gasteiger partial charge in [0.2, 0.25) is 0 Å². The number of hydrogen-bond donors (Lipinski definition) is 2. The molecule has 0 spiro atoms. The SMILES string of the molecule is O=C(c1cc(C(=O)c2cc([N+](=O)[O-])ccc2O)cc([N+](=O)[O-])c1)c1cc([N+](=O)[O-])ccc1O. The van der Waals surface area contributed by atoms with E-state index in [1.807, 2.05) is 0 Å².